The summed E-state index contributed by atoms with van der Waals surface area (Å²) < 4.78 is 39.2. The number of benzene rings is 3. The van der Waals surface area contributed by atoms with Crippen molar-refractivity contribution in [2.45, 2.75) is 17.3 Å². The van der Waals surface area contributed by atoms with Gasteiger partial charge in [-0.25, -0.2) is 9.97 Å². The van der Waals surface area contributed by atoms with Crippen LogP contribution in [0.2, 0.25) is 0 Å². The van der Waals surface area contributed by atoms with E-state index in [-0.39, 0.29) is 22.5 Å². The van der Waals surface area contributed by atoms with Crippen LogP contribution in [-0.2, 0) is 0 Å². The van der Waals surface area contributed by atoms with Crippen LogP contribution in [0.5, 0.6) is 0 Å². The van der Waals surface area contributed by atoms with Crippen LogP contribution in [0.1, 0.15) is 5.56 Å². The Morgan fingerprint density at radius 1 is 0.821 bits per heavy atom. The predicted molar refractivity (Wildman–Crippen MR) is 107 cm³/mol. The molecule has 4 rings (SSSR count). The van der Waals surface area contributed by atoms with Crippen LogP contribution in [0, 0.1) is 6.92 Å². The van der Waals surface area contributed by atoms with Crippen LogP contribution >= 0.6 is 11.8 Å². The maximum Gasteiger partial charge on any atom is 0.446 e. The number of aryl methyl sites for hydroxylation is 1. The minimum Gasteiger partial charge on any atom is -0.228 e. The molecule has 6 heteroatoms. The van der Waals surface area contributed by atoms with E-state index < -0.39 is 5.51 Å². The lowest BCUT2D eigenvalue weighted by molar-refractivity contribution is -0.0328. The molecule has 0 aliphatic rings. The summed E-state index contributed by atoms with van der Waals surface area (Å²) in [6.07, 6.45) is 0. The summed E-state index contributed by atoms with van der Waals surface area (Å²) in [5, 5.41) is 0.857. The number of aromatic nitrogens is 2. The van der Waals surface area contributed by atoms with Gasteiger partial charge in [0.1, 0.15) is 0 Å². The first-order chi connectivity index (χ1) is 13.4. The van der Waals surface area contributed by atoms with Crippen molar-refractivity contribution in [1.82, 2.24) is 9.97 Å². The van der Waals surface area contributed by atoms with E-state index in [0.717, 1.165) is 16.5 Å². The molecule has 0 bridgehead atoms. The van der Waals surface area contributed by atoms with Gasteiger partial charge in [0.05, 0.1) is 11.2 Å². The third kappa shape index (κ3) is 3.87. The molecule has 1 aromatic heterocycles. The highest BCUT2D eigenvalue weighted by Gasteiger charge is 2.31. The third-order valence-electron chi connectivity index (χ3n) is 4.25. The third-order valence-corrected chi connectivity index (χ3v) is 5.06. The first kappa shape index (κ1) is 18.5. The lowest BCUT2D eigenvalue weighted by atomic mass is 10.1. The molecule has 28 heavy (non-hydrogen) atoms. The van der Waals surface area contributed by atoms with Gasteiger partial charge in [-0.3, -0.25) is 0 Å². The average molecular weight is 396 g/mol. The first-order valence-electron chi connectivity index (χ1n) is 8.60. The van der Waals surface area contributed by atoms with Gasteiger partial charge in [0.2, 0.25) is 0 Å². The van der Waals surface area contributed by atoms with Crippen LogP contribution in [0.4, 0.5) is 13.2 Å². The maximum absolute atomic E-state index is 13.1. The zero-order valence-electron chi connectivity index (χ0n) is 14.9. The highest BCUT2D eigenvalue weighted by molar-refractivity contribution is 8.00. The average Bonchev–Trinajstić information content (AvgIpc) is 2.68. The molecular formula is C22H15F3N2S. The topological polar surface area (TPSA) is 25.8 Å². The van der Waals surface area contributed by atoms with Crippen LogP contribution in [0.3, 0.4) is 0 Å². The summed E-state index contributed by atoms with van der Waals surface area (Å²) >= 11 is -0.142. The van der Waals surface area contributed by atoms with E-state index in [1.54, 1.807) is 12.1 Å². The lowest BCUT2D eigenvalue weighted by Gasteiger charge is -2.13. The molecule has 0 unspecified atom stereocenters. The van der Waals surface area contributed by atoms with E-state index in [0.29, 0.717) is 16.8 Å². The lowest BCUT2D eigenvalue weighted by Crippen LogP contribution is -2.02. The predicted octanol–water partition coefficient (Wildman–Crippen LogP) is 6.88. The number of rotatable bonds is 3. The fourth-order valence-corrected chi connectivity index (χ4v) is 3.69. The molecule has 0 fully saturated rings. The standard InChI is InChI=1S/C22H15F3N2S/c1-14-11-12-19(28-22(23,24)25)17(13-14)21-26-18-10-6-5-9-16(18)20(27-21)15-7-3-2-4-8-15/h2-13H,1H3. The molecule has 0 saturated carbocycles. The van der Waals surface area contributed by atoms with E-state index in [1.165, 1.54) is 6.07 Å². The Labute approximate surface area is 164 Å². The summed E-state index contributed by atoms with van der Waals surface area (Å²) in [5.74, 6) is 0.285. The summed E-state index contributed by atoms with van der Waals surface area (Å²) in [7, 11) is 0. The molecule has 0 N–H and O–H groups in total. The van der Waals surface area contributed by atoms with Crippen LogP contribution in [-0.4, -0.2) is 15.5 Å². The van der Waals surface area contributed by atoms with Crippen molar-refractivity contribution in [1.29, 1.82) is 0 Å². The van der Waals surface area contributed by atoms with Crippen LogP contribution < -0.4 is 0 Å². The molecule has 140 valence electrons. The van der Waals surface area contributed by atoms with Crippen molar-refractivity contribution < 1.29 is 13.2 Å². The molecule has 0 amide bonds. The number of halogens is 3. The highest BCUT2D eigenvalue weighted by atomic mass is 32.2. The largest absolute Gasteiger partial charge is 0.446 e. The first-order valence-corrected chi connectivity index (χ1v) is 9.41. The van der Waals surface area contributed by atoms with Gasteiger partial charge < -0.3 is 0 Å². The minimum absolute atomic E-state index is 0.0902. The van der Waals surface area contributed by atoms with Gasteiger partial charge in [-0.2, -0.15) is 13.2 Å². The summed E-state index contributed by atoms with van der Waals surface area (Å²) in [6, 6.07) is 21.9. The van der Waals surface area contributed by atoms with Crippen LogP contribution in [0.25, 0.3) is 33.5 Å². The fourth-order valence-electron chi connectivity index (χ4n) is 3.05. The van der Waals surface area contributed by atoms with Crippen molar-refractivity contribution in [3.8, 4) is 22.6 Å². The van der Waals surface area contributed by atoms with Crippen molar-refractivity contribution >= 4 is 22.7 Å². The van der Waals surface area contributed by atoms with Gasteiger partial charge in [-0.1, -0.05) is 60.2 Å². The molecule has 2 nitrogen and oxygen atoms in total. The molecule has 0 radical (unpaired) electrons. The smallest absolute Gasteiger partial charge is 0.228 e. The molecular weight excluding hydrogens is 381 g/mol. The Hall–Kier alpha value is -2.86. The number of thioether (sulfide) groups is 1. The van der Waals surface area contributed by atoms with Gasteiger partial charge in [0.15, 0.2) is 5.82 Å². The quantitative estimate of drug-likeness (QED) is 0.353. The molecule has 4 aromatic rings. The van der Waals surface area contributed by atoms with E-state index in [4.69, 9.17) is 0 Å². The van der Waals surface area contributed by atoms with Gasteiger partial charge in [-0.05, 0) is 36.9 Å². The number of hydrogen-bond acceptors (Lipinski definition) is 3. The Kier molecular flexibility index (Phi) is 4.81. The van der Waals surface area contributed by atoms with E-state index in [2.05, 4.69) is 9.97 Å². The molecule has 3 aromatic carbocycles. The zero-order chi connectivity index (χ0) is 19.7. The molecule has 1 heterocycles. The SMILES string of the molecule is Cc1ccc(SC(F)(F)F)c(-c2nc(-c3ccccc3)c3ccccc3n2)c1. The minimum atomic E-state index is -4.39. The Morgan fingerprint density at radius 2 is 1.54 bits per heavy atom. The molecule has 0 atom stereocenters. The number of para-hydroxylation sites is 1. The van der Waals surface area contributed by atoms with E-state index >= 15 is 0 Å². The molecule has 0 aliphatic heterocycles. The van der Waals surface area contributed by atoms with Crippen LogP contribution in [0.15, 0.2) is 77.7 Å². The zero-order valence-corrected chi connectivity index (χ0v) is 15.7. The Bertz CT molecular complexity index is 1140. The van der Waals surface area contributed by atoms with Crippen molar-refractivity contribution in [2.24, 2.45) is 0 Å². The highest BCUT2D eigenvalue weighted by Crippen LogP contribution is 2.42. The van der Waals surface area contributed by atoms with Crippen molar-refractivity contribution in [2.75, 3.05) is 0 Å². The number of nitrogens with zero attached hydrogens (tertiary/aromatic N) is 2. The summed E-state index contributed by atoms with van der Waals surface area (Å²) in [5.41, 5.74) is -0.880. The number of hydrogen-bond donors (Lipinski definition) is 0. The maximum atomic E-state index is 13.1. The Morgan fingerprint density at radius 3 is 2.29 bits per heavy atom. The molecule has 0 aliphatic carbocycles. The van der Waals surface area contributed by atoms with E-state index in [1.807, 2.05) is 61.5 Å². The second-order valence-electron chi connectivity index (χ2n) is 6.33. The van der Waals surface area contributed by atoms with Gasteiger partial charge >= 0.3 is 5.51 Å². The van der Waals surface area contributed by atoms with Gasteiger partial charge in [0.25, 0.3) is 0 Å². The molecule has 0 saturated heterocycles. The molecule has 0 spiro atoms. The second-order valence-corrected chi connectivity index (χ2v) is 7.43. The summed E-state index contributed by atoms with van der Waals surface area (Å²) in [4.78, 5) is 9.34. The monoisotopic (exact) mass is 396 g/mol. The van der Waals surface area contributed by atoms with E-state index in [9.17, 15) is 13.2 Å². The number of fused-ring (bicyclic) bond motifs is 1. The second kappa shape index (κ2) is 7.28. The van der Waals surface area contributed by atoms with Gasteiger partial charge in [0, 0.05) is 21.4 Å². The van der Waals surface area contributed by atoms with Crippen molar-refractivity contribution in [3.05, 3.63) is 78.4 Å². The number of alkyl halides is 3. The Balaban J connectivity index is 1.97. The van der Waals surface area contributed by atoms with Crippen molar-refractivity contribution in [3.63, 3.8) is 0 Å². The fraction of sp³-hybridized carbons (Fsp3) is 0.0909. The summed E-state index contributed by atoms with van der Waals surface area (Å²) in [6.45, 7) is 1.84. The normalized spacial score (nSPS) is 11.7. The van der Waals surface area contributed by atoms with Gasteiger partial charge in [-0.15, -0.1) is 0 Å².